The summed E-state index contributed by atoms with van der Waals surface area (Å²) >= 11 is 0. The summed E-state index contributed by atoms with van der Waals surface area (Å²) < 4.78 is 0. The number of hydrogen-bond donors (Lipinski definition) is 0. The molecule has 8 heteroatoms. The second kappa shape index (κ2) is 20.8. The highest BCUT2D eigenvalue weighted by Crippen LogP contribution is 2.25. The Hall–Kier alpha value is -2.48. The standard InChI is InChI=1S/C14H24N2O2.C6H6N2O2/c17-13-15-11-9-7-5-3-1-2-4-6-8-10-12-16-14-18;9-3-7-5-1-6(2-5)8-4-10/h1-12H2;5-6H,1-2H2. The van der Waals surface area contributed by atoms with Crippen molar-refractivity contribution in [1.29, 1.82) is 0 Å². The molecule has 0 aliphatic heterocycles. The van der Waals surface area contributed by atoms with Crippen LogP contribution in [0.4, 0.5) is 0 Å². The average molecular weight is 390 g/mol. The Morgan fingerprint density at radius 3 is 1.11 bits per heavy atom. The molecule has 0 amide bonds. The summed E-state index contributed by atoms with van der Waals surface area (Å²) in [6.45, 7) is 1.26. The lowest BCUT2D eigenvalue weighted by Gasteiger charge is -2.26. The first kappa shape index (κ1) is 25.5. The van der Waals surface area contributed by atoms with Gasteiger partial charge in [0.2, 0.25) is 24.3 Å². The largest absolute Gasteiger partial charge is 0.235 e. The molecule has 1 rings (SSSR count). The minimum Gasteiger partial charge on any atom is -0.211 e. The van der Waals surface area contributed by atoms with E-state index < -0.39 is 0 Å². The zero-order chi connectivity index (χ0) is 20.7. The summed E-state index contributed by atoms with van der Waals surface area (Å²) in [5.41, 5.74) is 0. The molecule has 0 atom stereocenters. The van der Waals surface area contributed by atoms with Crippen molar-refractivity contribution in [3.05, 3.63) is 0 Å². The van der Waals surface area contributed by atoms with Crippen LogP contribution >= 0.6 is 0 Å². The van der Waals surface area contributed by atoms with Crippen LogP contribution in [0.1, 0.15) is 77.0 Å². The van der Waals surface area contributed by atoms with Crippen molar-refractivity contribution in [3.63, 3.8) is 0 Å². The maximum atomic E-state index is 9.81. The van der Waals surface area contributed by atoms with Crippen molar-refractivity contribution >= 4 is 24.3 Å². The summed E-state index contributed by atoms with van der Waals surface area (Å²) in [6, 6.07) is 0.0826. The molecular formula is C20H30N4O4. The second-order valence-electron chi connectivity index (χ2n) is 6.70. The summed E-state index contributed by atoms with van der Waals surface area (Å²) in [4.78, 5) is 52.9. The van der Waals surface area contributed by atoms with Gasteiger partial charge in [-0.1, -0.05) is 51.4 Å². The maximum Gasteiger partial charge on any atom is 0.235 e. The van der Waals surface area contributed by atoms with E-state index in [1.165, 1.54) is 50.7 Å². The van der Waals surface area contributed by atoms with Crippen molar-refractivity contribution in [1.82, 2.24) is 0 Å². The topological polar surface area (TPSA) is 118 Å². The average Bonchev–Trinajstić information content (AvgIpc) is 2.67. The Morgan fingerprint density at radius 2 is 0.821 bits per heavy atom. The van der Waals surface area contributed by atoms with Crippen LogP contribution in [0, 0.1) is 0 Å². The van der Waals surface area contributed by atoms with Crippen LogP contribution < -0.4 is 0 Å². The molecule has 0 saturated heterocycles. The molecular weight excluding hydrogens is 360 g/mol. The van der Waals surface area contributed by atoms with Crippen molar-refractivity contribution in [2.24, 2.45) is 20.0 Å². The molecule has 1 aliphatic rings. The van der Waals surface area contributed by atoms with E-state index in [1.54, 1.807) is 12.2 Å². The molecule has 0 radical (unpaired) electrons. The zero-order valence-corrected chi connectivity index (χ0v) is 16.5. The number of rotatable bonds is 15. The highest BCUT2D eigenvalue weighted by molar-refractivity contribution is 5.36. The minimum atomic E-state index is 0.0413. The van der Waals surface area contributed by atoms with Gasteiger partial charge in [-0.3, -0.25) is 0 Å². The molecule has 0 unspecified atom stereocenters. The summed E-state index contributed by atoms with van der Waals surface area (Å²) in [7, 11) is 0. The first-order chi connectivity index (χ1) is 13.8. The maximum absolute atomic E-state index is 9.81. The molecule has 0 N–H and O–H groups in total. The Morgan fingerprint density at radius 1 is 0.500 bits per heavy atom. The fourth-order valence-electron chi connectivity index (χ4n) is 2.81. The van der Waals surface area contributed by atoms with Crippen LogP contribution in [0.2, 0.25) is 0 Å². The van der Waals surface area contributed by atoms with Gasteiger partial charge in [-0.15, -0.1) is 0 Å². The van der Waals surface area contributed by atoms with E-state index in [0.29, 0.717) is 25.9 Å². The quantitative estimate of drug-likeness (QED) is 0.240. The van der Waals surface area contributed by atoms with E-state index in [1.807, 2.05) is 0 Å². The minimum absolute atomic E-state index is 0.0413. The van der Waals surface area contributed by atoms with Gasteiger partial charge in [0.25, 0.3) is 0 Å². The van der Waals surface area contributed by atoms with Crippen LogP contribution in [-0.4, -0.2) is 49.5 Å². The number of carbonyl (C=O) groups excluding carboxylic acids is 4. The van der Waals surface area contributed by atoms with E-state index in [-0.39, 0.29) is 12.1 Å². The van der Waals surface area contributed by atoms with Crippen LogP contribution in [-0.2, 0) is 19.2 Å². The molecule has 1 aliphatic carbocycles. The molecule has 0 aromatic carbocycles. The molecule has 1 fully saturated rings. The lowest BCUT2D eigenvalue weighted by Crippen LogP contribution is -2.30. The summed E-state index contributed by atoms with van der Waals surface area (Å²) in [5, 5.41) is 0. The van der Waals surface area contributed by atoms with Gasteiger partial charge in [0, 0.05) is 0 Å². The van der Waals surface area contributed by atoms with Gasteiger partial charge in [0.1, 0.15) is 0 Å². The van der Waals surface area contributed by atoms with E-state index in [0.717, 1.165) is 25.7 Å². The van der Waals surface area contributed by atoms with Crippen molar-refractivity contribution in [3.8, 4) is 0 Å². The van der Waals surface area contributed by atoms with Gasteiger partial charge in [0.05, 0.1) is 25.2 Å². The van der Waals surface area contributed by atoms with Crippen LogP contribution in [0.25, 0.3) is 0 Å². The SMILES string of the molecule is O=C=NC1CC(N=C=O)C1.O=C=NCCCCCCCCCCCCN=C=O. The predicted molar refractivity (Wildman–Crippen MR) is 105 cm³/mol. The van der Waals surface area contributed by atoms with Gasteiger partial charge in [-0.25, -0.2) is 39.1 Å². The molecule has 154 valence electrons. The van der Waals surface area contributed by atoms with Crippen molar-refractivity contribution in [2.45, 2.75) is 89.1 Å². The van der Waals surface area contributed by atoms with Gasteiger partial charge >= 0.3 is 0 Å². The normalized spacial score (nSPS) is 16.6. The molecule has 0 bridgehead atoms. The van der Waals surface area contributed by atoms with Crippen molar-refractivity contribution in [2.75, 3.05) is 13.1 Å². The fraction of sp³-hybridized carbons (Fsp3) is 0.800. The lowest BCUT2D eigenvalue weighted by molar-refractivity contribution is 0.353. The number of isocyanates is 4. The Balaban J connectivity index is 0.000000609. The van der Waals surface area contributed by atoms with Crippen LogP contribution in [0.15, 0.2) is 20.0 Å². The van der Waals surface area contributed by atoms with Gasteiger partial charge in [-0.2, -0.15) is 0 Å². The van der Waals surface area contributed by atoms with E-state index in [9.17, 15) is 19.2 Å². The molecule has 0 aromatic heterocycles. The zero-order valence-electron chi connectivity index (χ0n) is 16.5. The summed E-state index contributed by atoms with van der Waals surface area (Å²) in [6.07, 6.45) is 19.4. The molecule has 8 nitrogen and oxygen atoms in total. The highest BCUT2D eigenvalue weighted by Gasteiger charge is 2.28. The first-order valence-corrected chi connectivity index (χ1v) is 9.99. The Bertz CT molecular complexity index is 529. The van der Waals surface area contributed by atoms with Crippen molar-refractivity contribution < 1.29 is 19.2 Å². The Labute approximate surface area is 166 Å². The monoisotopic (exact) mass is 390 g/mol. The van der Waals surface area contributed by atoms with E-state index in [4.69, 9.17) is 0 Å². The third kappa shape index (κ3) is 17.0. The third-order valence-corrected chi connectivity index (χ3v) is 4.48. The molecule has 1 saturated carbocycles. The van der Waals surface area contributed by atoms with E-state index in [2.05, 4.69) is 20.0 Å². The fourth-order valence-corrected chi connectivity index (χ4v) is 2.81. The first-order valence-electron chi connectivity index (χ1n) is 9.99. The molecule has 0 spiro atoms. The van der Waals surface area contributed by atoms with Crippen LogP contribution in [0.5, 0.6) is 0 Å². The van der Waals surface area contributed by atoms with E-state index >= 15 is 0 Å². The van der Waals surface area contributed by atoms with Gasteiger partial charge in [-0.05, 0) is 25.7 Å². The Kier molecular flexibility index (Phi) is 19.0. The van der Waals surface area contributed by atoms with Gasteiger partial charge in [0.15, 0.2) is 0 Å². The second-order valence-corrected chi connectivity index (χ2v) is 6.70. The number of hydrogen-bond acceptors (Lipinski definition) is 8. The molecule has 28 heavy (non-hydrogen) atoms. The molecule has 0 aromatic rings. The number of nitrogens with zero attached hydrogens (tertiary/aromatic N) is 4. The highest BCUT2D eigenvalue weighted by atomic mass is 16.1. The smallest absolute Gasteiger partial charge is 0.211 e. The van der Waals surface area contributed by atoms with Crippen LogP contribution in [0.3, 0.4) is 0 Å². The molecule has 0 heterocycles. The number of unbranched alkanes of at least 4 members (excludes halogenated alkanes) is 9. The van der Waals surface area contributed by atoms with Gasteiger partial charge < -0.3 is 0 Å². The predicted octanol–water partition coefficient (Wildman–Crippen LogP) is 3.75. The number of aliphatic imine (C=N–C) groups is 4. The third-order valence-electron chi connectivity index (χ3n) is 4.48. The summed E-state index contributed by atoms with van der Waals surface area (Å²) in [5.74, 6) is 0. The lowest BCUT2D eigenvalue weighted by atomic mass is 9.88.